The van der Waals surface area contributed by atoms with Crippen molar-refractivity contribution in [1.29, 1.82) is 0 Å². The first-order valence-electron chi connectivity index (χ1n) is 6.65. The smallest absolute Gasteiger partial charge is 0.299 e. The van der Waals surface area contributed by atoms with Gasteiger partial charge >= 0.3 is 6.18 Å². The molecule has 102 valence electrons. The molecule has 0 aliphatic heterocycles. The quantitative estimate of drug-likeness (QED) is 0.813. The Hall–Kier alpha value is -1.32. The number of carbonyl (C=O) groups is 1. The molecule has 0 saturated heterocycles. The van der Waals surface area contributed by atoms with Crippen LogP contribution in [-0.4, -0.2) is 5.78 Å². The Morgan fingerprint density at radius 3 is 2.53 bits per heavy atom. The maximum Gasteiger partial charge on any atom is 0.416 e. The van der Waals surface area contributed by atoms with Crippen molar-refractivity contribution >= 4 is 5.78 Å². The van der Waals surface area contributed by atoms with Crippen LogP contribution in [0.2, 0.25) is 0 Å². The summed E-state index contributed by atoms with van der Waals surface area (Å²) in [6, 6.07) is 5.11. The molecule has 3 rings (SSSR count). The number of hydrogen-bond donors (Lipinski definition) is 0. The van der Waals surface area contributed by atoms with Crippen LogP contribution in [0, 0.1) is 17.8 Å². The van der Waals surface area contributed by atoms with E-state index in [4.69, 9.17) is 0 Å². The van der Waals surface area contributed by atoms with Crippen LogP contribution in [0.1, 0.15) is 30.4 Å². The van der Waals surface area contributed by atoms with E-state index in [1.807, 2.05) is 0 Å². The van der Waals surface area contributed by atoms with Crippen molar-refractivity contribution in [1.82, 2.24) is 0 Å². The molecule has 0 amide bonds. The molecule has 0 spiro atoms. The molecular weight excluding hydrogens is 253 g/mol. The molecule has 2 atom stereocenters. The van der Waals surface area contributed by atoms with E-state index in [-0.39, 0.29) is 18.1 Å². The van der Waals surface area contributed by atoms with Gasteiger partial charge in [0.15, 0.2) is 0 Å². The molecular formula is C15H15F3O. The van der Waals surface area contributed by atoms with Gasteiger partial charge < -0.3 is 0 Å². The second-order valence-electron chi connectivity index (χ2n) is 5.63. The Morgan fingerprint density at radius 1 is 1.21 bits per heavy atom. The van der Waals surface area contributed by atoms with E-state index in [0.717, 1.165) is 25.0 Å². The summed E-state index contributed by atoms with van der Waals surface area (Å²) in [7, 11) is 0. The minimum atomic E-state index is -4.34. The molecule has 0 N–H and O–H groups in total. The molecule has 4 heteroatoms. The van der Waals surface area contributed by atoms with Gasteiger partial charge in [0.2, 0.25) is 0 Å². The van der Waals surface area contributed by atoms with Crippen molar-refractivity contribution in [3.8, 4) is 0 Å². The summed E-state index contributed by atoms with van der Waals surface area (Å²) < 4.78 is 37.7. The number of halogens is 3. The Balaban J connectivity index is 1.68. The van der Waals surface area contributed by atoms with Crippen LogP contribution in [0.3, 0.4) is 0 Å². The Kier molecular flexibility index (Phi) is 2.91. The third kappa shape index (κ3) is 2.40. The fourth-order valence-corrected chi connectivity index (χ4v) is 3.48. The lowest BCUT2D eigenvalue weighted by atomic mass is 10.00. The zero-order valence-electron chi connectivity index (χ0n) is 10.4. The molecule has 2 fully saturated rings. The van der Waals surface area contributed by atoms with Gasteiger partial charge in [-0.2, -0.15) is 13.2 Å². The van der Waals surface area contributed by atoms with E-state index in [1.54, 1.807) is 6.07 Å². The second-order valence-corrected chi connectivity index (χ2v) is 5.63. The summed E-state index contributed by atoms with van der Waals surface area (Å²) in [4.78, 5) is 12.1. The lowest BCUT2D eigenvalue weighted by Gasteiger charge is -2.08. The molecule has 2 unspecified atom stereocenters. The van der Waals surface area contributed by atoms with Gasteiger partial charge in [-0.05, 0) is 36.3 Å². The van der Waals surface area contributed by atoms with Crippen LogP contribution in [0.25, 0.3) is 0 Å². The fourth-order valence-electron chi connectivity index (χ4n) is 3.48. The van der Waals surface area contributed by atoms with E-state index in [0.29, 0.717) is 17.4 Å². The van der Waals surface area contributed by atoms with E-state index in [9.17, 15) is 18.0 Å². The van der Waals surface area contributed by atoms with Crippen LogP contribution in [-0.2, 0) is 17.4 Å². The van der Waals surface area contributed by atoms with Crippen molar-refractivity contribution in [2.45, 2.75) is 31.9 Å². The summed E-state index contributed by atoms with van der Waals surface area (Å²) in [5.41, 5.74) is -0.196. The minimum absolute atomic E-state index is 0.119. The maximum atomic E-state index is 12.6. The zero-order chi connectivity index (χ0) is 13.6. The SMILES string of the molecule is O=C(Cc1cccc(C(F)(F)F)c1)C1C2CCCC21. The summed E-state index contributed by atoms with van der Waals surface area (Å²) in [6.07, 6.45) is -0.771. The number of fused-ring (bicyclic) bond motifs is 1. The zero-order valence-corrected chi connectivity index (χ0v) is 10.4. The Morgan fingerprint density at radius 2 is 1.89 bits per heavy atom. The van der Waals surface area contributed by atoms with Crippen LogP contribution >= 0.6 is 0 Å². The Labute approximate surface area is 109 Å². The summed E-state index contributed by atoms with van der Waals surface area (Å²) in [5.74, 6) is 1.30. The average molecular weight is 268 g/mol. The molecule has 0 bridgehead atoms. The molecule has 0 aromatic heterocycles. The van der Waals surface area contributed by atoms with E-state index >= 15 is 0 Å². The van der Waals surface area contributed by atoms with Gasteiger partial charge in [-0.3, -0.25) is 4.79 Å². The van der Waals surface area contributed by atoms with Gasteiger partial charge in [-0.1, -0.05) is 24.6 Å². The largest absolute Gasteiger partial charge is 0.416 e. The summed E-state index contributed by atoms with van der Waals surface area (Å²) in [5, 5.41) is 0. The van der Waals surface area contributed by atoms with Crippen LogP contribution in [0.15, 0.2) is 24.3 Å². The van der Waals surface area contributed by atoms with Crippen molar-refractivity contribution in [2.75, 3.05) is 0 Å². The highest BCUT2D eigenvalue weighted by Crippen LogP contribution is 2.58. The third-order valence-corrected chi connectivity index (χ3v) is 4.41. The summed E-state index contributed by atoms with van der Waals surface area (Å²) >= 11 is 0. The fraction of sp³-hybridized carbons (Fsp3) is 0.533. The minimum Gasteiger partial charge on any atom is -0.299 e. The van der Waals surface area contributed by atoms with Crippen LogP contribution in [0.4, 0.5) is 13.2 Å². The molecule has 0 heterocycles. The van der Waals surface area contributed by atoms with Gasteiger partial charge in [0.05, 0.1) is 5.56 Å². The summed E-state index contributed by atoms with van der Waals surface area (Å²) in [6.45, 7) is 0. The number of rotatable bonds is 3. The lowest BCUT2D eigenvalue weighted by Crippen LogP contribution is -2.11. The van der Waals surface area contributed by atoms with Gasteiger partial charge in [-0.25, -0.2) is 0 Å². The predicted octanol–water partition coefficient (Wildman–Crippen LogP) is 3.86. The standard InChI is InChI=1S/C15H15F3O/c16-15(17,18)10-4-1-3-9(7-10)8-13(19)14-11-5-2-6-12(11)14/h1,3-4,7,11-12,14H,2,5-6,8H2. The highest BCUT2D eigenvalue weighted by Gasteiger charge is 2.55. The number of hydrogen-bond acceptors (Lipinski definition) is 1. The van der Waals surface area contributed by atoms with E-state index in [2.05, 4.69) is 0 Å². The third-order valence-electron chi connectivity index (χ3n) is 4.41. The maximum absolute atomic E-state index is 12.6. The molecule has 2 aliphatic carbocycles. The molecule has 2 aliphatic rings. The van der Waals surface area contributed by atoms with E-state index in [1.165, 1.54) is 12.5 Å². The Bertz CT molecular complexity index is 496. The van der Waals surface area contributed by atoms with Gasteiger partial charge in [-0.15, -0.1) is 0 Å². The van der Waals surface area contributed by atoms with Crippen LogP contribution in [0.5, 0.6) is 0 Å². The van der Waals surface area contributed by atoms with Gasteiger partial charge in [0.1, 0.15) is 5.78 Å². The average Bonchev–Trinajstić information content (AvgIpc) is 2.83. The molecule has 19 heavy (non-hydrogen) atoms. The normalized spacial score (nSPS) is 29.1. The van der Waals surface area contributed by atoms with Crippen molar-refractivity contribution in [2.24, 2.45) is 17.8 Å². The first-order valence-corrected chi connectivity index (χ1v) is 6.65. The van der Waals surface area contributed by atoms with E-state index < -0.39 is 11.7 Å². The number of alkyl halides is 3. The van der Waals surface area contributed by atoms with Crippen molar-refractivity contribution < 1.29 is 18.0 Å². The first-order chi connectivity index (χ1) is 8.97. The molecule has 0 radical (unpaired) electrons. The monoisotopic (exact) mass is 268 g/mol. The number of ketones is 1. The lowest BCUT2D eigenvalue weighted by molar-refractivity contribution is -0.137. The predicted molar refractivity (Wildman–Crippen MR) is 64.5 cm³/mol. The highest BCUT2D eigenvalue weighted by atomic mass is 19.4. The van der Waals surface area contributed by atoms with Crippen molar-refractivity contribution in [3.63, 3.8) is 0 Å². The number of benzene rings is 1. The highest BCUT2D eigenvalue weighted by molar-refractivity contribution is 5.86. The van der Waals surface area contributed by atoms with Gasteiger partial charge in [0, 0.05) is 12.3 Å². The van der Waals surface area contributed by atoms with Crippen molar-refractivity contribution in [3.05, 3.63) is 35.4 Å². The van der Waals surface area contributed by atoms with Crippen LogP contribution < -0.4 is 0 Å². The molecule has 1 aromatic rings. The van der Waals surface area contributed by atoms with Gasteiger partial charge in [0.25, 0.3) is 0 Å². The topological polar surface area (TPSA) is 17.1 Å². The second kappa shape index (κ2) is 4.36. The number of Topliss-reactive ketones (excluding diaryl/α,β-unsaturated/α-hetero) is 1. The molecule has 1 nitrogen and oxygen atoms in total. The number of carbonyl (C=O) groups excluding carboxylic acids is 1. The first kappa shape index (κ1) is 12.7. The molecule has 1 aromatic carbocycles. The molecule has 2 saturated carbocycles.